The van der Waals surface area contributed by atoms with Gasteiger partial charge in [0.2, 0.25) is 0 Å². The number of likely N-dealkylation sites (tertiary alicyclic amines) is 1. The van der Waals surface area contributed by atoms with E-state index in [1.54, 1.807) is 20.8 Å². The Labute approximate surface area is 107 Å². The number of hydrogen-bond donors (Lipinski definition) is 1. The number of carbonyl (C=O) groups is 1. The van der Waals surface area contributed by atoms with Crippen LogP contribution in [0.3, 0.4) is 0 Å². The molecule has 2 atom stereocenters. The van der Waals surface area contributed by atoms with Gasteiger partial charge >= 0.3 is 6.09 Å². The van der Waals surface area contributed by atoms with Crippen LogP contribution in [0.4, 0.5) is 4.79 Å². The van der Waals surface area contributed by atoms with Crippen molar-refractivity contribution in [2.45, 2.75) is 38.6 Å². The van der Waals surface area contributed by atoms with Gasteiger partial charge in [0.15, 0.2) is 0 Å². The van der Waals surface area contributed by atoms with Gasteiger partial charge in [0.1, 0.15) is 17.8 Å². The molecule has 0 aromatic heterocycles. The molecule has 106 valence electrons. The predicted molar refractivity (Wildman–Crippen MR) is 63.5 cm³/mol. The van der Waals surface area contributed by atoms with E-state index in [0.717, 1.165) is 6.26 Å². The zero-order valence-corrected chi connectivity index (χ0v) is 11.7. The Bertz CT molecular complexity index is 413. The first-order chi connectivity index (χ1) is 7.98. The molecule has 0 aromatic carbocycles. The van der Waals surface area contributed by atoms with Gasteiger partial charge in [0, 0.05) is 0 Å². The van der Waals surface area contributed by atoms with Crippen LogP contribution in [0.25, 0.3) is 0 Å². The molecular weight excluding hydrogens is 262 g/mol. The summed E-state index contributed by atoms with van der Waals surface area (Å²) < 4.78 is 31.8. The van der Waals surface area contributed by atoms with Crippen LogP contribution in [-0.2, 0) is 19.0 Å². The minimum absolute atomic E-state index is 0.00486. The van der Waals surface area contributed by atoms with Crippen molar-refractivity contribution < 1.29 is 27.2 Å². The molecule has 8 heteroatoms. The fraction of sp³-hybridized carbons (Fsp3) is 0.900. The van der Waals surface area contributed by atoms with E-state index in [0.29, 0.717) is 0 Å². The van der Waals surface area contributed by atoms with Gasteiger partial charge in [-0.2, -0.15) is 8.42 Å². The molecule has 0 saturated carbocycles. The molecule has 1 aliphatic heterocycles. The second kappa shape index (κ2) is 5.02. The van der Waals surface area contributed by atoms with Crippen LogP contribution in [-0.4, -0.2) is 61.7 Å². The minimum atomic E-state index is -3.66. The van der Waals surface area contributed by atoms with Crippen molar-refractivity contribution in [3.8, 4) is 0 Å². The number of nitrogens with zero attached hydrogens (tertiary/aromatic N) is 1. The lowest BCUT2D eigenvalue weighted by molar-refractivity contribution is 0.0268. The van der Waals surface area contributed by atoms with Crippen molar-refractivity contribution in [1.82, 2.24) is 4.90 Å². The molecule has 7 nitrogen and oxygen atoms in total. The number of ether oxygens (including phenoxy) is 1. The summed E-state index contributed by atoms with van der Waals surface area (Å²) in [6.07, 6.45) is -1.67. The van der Waals surface area contributed by atoms with Crippen molar-refractivity contribution in [2.24, 2.45) is 0 Å². The first kappa shape index (κ1) is 15.2. The standard InChI is InChI=1S/C10H19NO6S/c1-10(2,3)16-9(13)11-5-7(12)8(6-11)17-18(4,14)15/h7-8,12H,5-6H2,1-4H3. The Morgan fingerprint density at radius 2 is 1.89 bits per heavy atom. The van der Waals surface area contributed by atoms with Crippen molar-refractivity contribution >= 4 is 16.2 Å². The fourth-order valence-corrected chi connectivity index (χ4v) is 2.19. The van der Waals surface area contributed by atoms with Crippen LogP contribution in [0.1, 0.15) is 20.8 Å². The molecule has 2 unspecified atom stereocenters. The third-order valence-electron chi connectivity index (χ3n) is 2.19. The van der Waals surface area contributed by atoms with E-state index < -0.39 is 34.0 Å². The van der Waals surface area contributed by atoms with E-state index in [9.17, 15) is 18.3 Å². The van der Waals surface area contributed by atoms with E-state index in [2.05, 4.69) is 0 Å². The molecule has 1 aliphatic rings. The van der Waals surface area contributed by atoms with Gasteiger partial charge in [0.05, 0.1) is 19.3 Å². The Hall–Kier alpha value is -0.860. The molecule has 0 radical (unpaired) electrons. The monoisotopic (exact) mass is 281 g/mol. The Morgan fingerprint density at radius 3 is 2.33 bits per heavy atom. The number of hydrogen-bond acceptors (Lipinski definition) is 6. The maximum Gasteiger partial charge on any atom is 0.410 e. The minimum Gasteiger partial charge on any atom is -0.444 e. The number of β-amino-alcohol motifs (C(OH)–C–C–N with tert-alkyl or cyclic N) is 1. The normalized spacial score (nSPS) is 25.3. The highest BCUT2D eigenvalue weighted by Crippen LogP contribution is 2.18. The van der Waals surface area contributed by atoms with Crippen LogP contribution < -0.4 is 0 Å². The maximum absolute atomic E-state index is 11.7. The SMILES string of the molecule is CC(C)(C)OC(=O)N1CC(O)C(OS(C)(=O)=O)C1. The van der Waals surface area contributed by atoms with Crippen LogP contribution in [0, 0.1) is 0 Å². The average Bonchev–Trinajstić information content (AvgIpc) is 2.42. The zero-order chi connectivity index (χ0) is 14.1. The van der Waals surface area contributed by atoms with E-state index in [1.807, 2.05) is 0 Å². The van der Waals surface area contributed by atoms with Gasteiger partial charge in [-0.15, -0.1) is 0 Å². The topological polar surface area (TPSA) is 93.1 Å². The highest BCUT2D eigenvalue weighted by Gasteiger charge is 2.38. The van der Waals surface area contributed by atoms with E-state index in [-0.39, 0.29) is 13.1 Å². The van der Waals surface area contributed by atoms with Gasteiger partial charge in [-0.3, -0.25) is 4.18 Å². The van der Waals surface area contributed by atoms with Crippen LogP contribution in [0.15, 0.2) is 0 Å². The molecule has 0 aromatic rings. The van der Waals surface area contributed by atoms with Gasteiger partial charge in [-0.25, -0.2) is 4.79 Å². The summed E-state index contributed by atoms with van der Waals surface area (Å²) in [7, 11) is -3.66. The zero-order valence-electron chi connectivity index (χ0n) is 10.9. The van der Waals surface area contributed by atoms with Crippen LogP contribution in [0.2, 0.25) is 0 Å². The molecule has 1 N–H and O–H groups in total. The summed E-state index contributed by atoms with van der Waals surface area (Å²) in [6.45, 7) is 5.16. The third kappa shape index (κ3) is 4.79. The lowest BCUT2D eigenvalue weighted by Crippen LogP contribution is -2.36. The van der Waals surface area contributed by atoms with E-state index in [1.165, 1.54) is 4.90 Å². The lowest BCUT2D eigenvalue weighted by atomic mass is 10.2. The molecule has 1 heterocycles. The number of amides is 1. The summed E-state index contributed by atoms with van der Waals surface area (Å²) in [4.78, 5) is 12.9. The number of carbonyl (C=O) groups excluding carboxylic acids is 1. The largest absolute Gasteiger partial charge is 0.444 e. The molecule has 1 saturated heterocycles. The average molecular weight is 281 g/mol. The molecule has 18 heavy (non-hydrogen) atoms. The van der Waals surface area contributed by atoms with Crippen molar-refractivity contribution in [2.75, 3.05) is 19.3 Å². The summed E-state index contributed by atoms with van der Waals surface area (Å²) in [5.74, 6) is 0. The smallest absolute Gasteiger partial charge is 0.410 e. The molecular formula is C10H19NO6S. The van der Waals surface area contributed by atoms with E-state index in [4.69, 9.17) is 8.92 Å². The second-order valence-corrected chi connectivity index (χ2v) is 6.89. The molecule has 1 fully saturated rings. The number of rotatable bonds is 2. The summed E-state index contributed by atoms with van der Waals surface area (Å²) in [6, 6.07) is 0. The highest BCUT2D eigenvalue weighted by molar-refractivity contribution is 7.86. The molecule has 1 amide bonds. The molecule has 0 aliphatic carbocycles. The van der Waals surface area contributed by atoms with Crippen molar-refractivity contribution in [1.29, 1.82) is 0 Å². The molecule has 1 rings (SSSR count). The molecule has 0 bridgehead atoms. The van der Waals surface area contributed by atoms with Crippen molar-refractivity contribution in [3.05, 3.63) is 0 Å². The van der Waals surface area contributed by atoms with Gasteiger partial charge < -0.3 is 14.7 Å². The van der Waals surface area contributed by atoms with E-state index >= 15 is 0 Å². The quantitative estimate of drug-likeness (QED) is 0.713. The molecule has 0 spiro atoms. The van der Waals surface area contributed by atoms with Crippen molar-refractivity contribution in [3.63, 3.8) is 0 Å². The van der Waals surface area contributed by atoms with Crippen LogP contribution in [0.5, 0.6) is 0 Å². The van der Waals surface area contributed by atoms with Gasteiger partial charge in [-0.05, 0) is 20.8 Å². The Balaban J connectivity index is 2.61. The lowest BCUT2D eigenvalue weighted by Gasteiger charge is -2.24. The highest BCUT2D eigenvalue weighted by atomic mass is 32.2. The Kier molecular flexibility index (Phi) is 4.24. The third-order valence-corrected chi connectivity index (χ3v) is 2.78. The van der Waals surface area contributed by atoms with Gasteiger partial charge in [-0.1, -0.05) is 0 Å². The second-order valence-electron chi connectivity index (χ2n) is 5.29. The van der Waals surface area contributed by atoms with Crippen LogP contribution >= 0.6 is 0 Å². The first-order valence-corrected chi connectivity index (χ1v) is 7.34. The maximum atomic E-state index is 11.7. The fourth-order valence-electron chi connectivity index (χ4n) is 1.55. The number of aliphatic hydroxyl groups is 1. The first-order valence-electron chi connectivity index (χ1n) is 5.52. The Morgan fingerprint density at radius 1 is 1.33 bits per heavy atom. The summed E-state index contributed by atoms with van der Waals surface area (Å²) in [5.41, 5.74) is -0.641. The van der Waals surface area contributed by atoms with Gasteiger partial charge in [0.25, 0.3) is 10.1 Å². The number of aliphatic hydroxyl groups excluding tert-OH is 1. The predicted octanol–water partition coefficient (Wildman–Crippen LogP) is -0.0572. The summed E-state index contributed by atoms with van der Waals surface area (Å²) >= 11 is 0. The summed E-state index contributed by atoms with van der Waals surface area (Å²) in [5, 5.41) is 9.63.